The van der Waals surface area contributed by atoms with Gasteiger partial charge in [-0.1, -0.05) is 13.0 Å². The molecule has 2 aromatic rings. The van der Waals surface area contributed by atoms with Gasteiger partial charge in [-0.05, 0) is 56.0 Å². The summed E-state index contributed by atoms with van der Waals surface area (Å²) in [6.45, 7) is 7.70. The Morgan fingerprint density at radius 3 is 2.72 bits per heavy atom. The van der Waals surface area contributed by atoms with Crippen molar-refractivity contribution in [1.29, 1.82) is 0 Å². The van der Waals surface area contributed by atoms with Crippen molar-refractivity contribution in [3.63, 3.8) is 0 Å². The molecule has 32 heavy (non-hydrogen) atoms. The number of guanidine groups is 1. The predicted octanol–water partition coefficient (Wildman–Crippen LogP) is 4.59. The fourth-order valence-corrected chi connectivity index (χ4v) is 3.70. The molecule has 0 radical (unpaired) electrons. The third-order valence-electron chi connectivity index (χ3n) is 5.75. The van der Waals surface area contributed by atoms with Crippen LogP contribution in [0.4, 0.5) is 4.39 Å². The molecule has 178 valence electrons. The highest BCUT2D eigenvalue weighted by molar-refractivity contribution is 14.0. The fraction of sp³-hybridized carbons (Fsp3) is 0.542. The van der Waals surface area contributed by atoms with Gasteiger partial charge < -0.3 is 19.8 Å². The first-order valence-electron chi connectivity index (χ1n) is 11.2. The first kappa shape index (κ1) is 26.4. The Kier molecular flexibility index (Phi) is 11.3. The Balaban J connectivity index is 0.00000363. The Bertz CT molecular complexity index is 823. The van der Waals surface area contributed by atoms with Crippen molar-refractivity contribution in [3.8, 4) is 5.75 Å². The number of furan rings is 1. The Labute approximate surface area is 208 Å². The van der Waals surface area contributed by atoms with Gasteiger partial charge in [0, 0.05) is 44.7 Å². The van der Waals surface area contributed by atoms with Crippen LogP contribution >= 0.6 is 24.0 Å². The van der Waals surface area contributed by atoms with E-state index in [9.17, 15) is 4.39 Å². The molecular formula is C24H36FIN4O2. The third-order valence-corrected chi connectivity index (χ3v) is 5.75. The summed E-state index contributed by atoms with van der Waals surface area (Å²) in [6.07, 6.45) is 5.58. The number of halogens is 2. The van der Waals surface area contributed by atoms with Gasteiger partial charge in [-0.2, -0.15) is 0 Å². The number of rotatable bonds is 9. The minimum Gasteiger partial charge on any atom is -0.494 e. The van der Waals surface area contributed by atoms with Crippen molar-refractivity contribution in [3.05, 3.63) is 53.7 Å². The maximum absolute atomic E-state index is 14.0. The largest absolute Gasteiger partial charge is 0.494 e. The molecule has 0 amide bonds. The van der Waals surface area contributed by atoms with Crippen molar-refractivity contribution in [2.45, 2.75) is 58.2 Å². The number of nitrogens with one attached hydrogen (secondary N) is 2. The van der Waals surface area contributed by atoms with Crippen LogP contribution in [-0.2, 0) is 13.0 Å². The molecule has 0 aliphatic carbocycles. The molecule has 1 aliphatic heterocycles. The van der Waals surface area contributed by atoms with Gasteiger partial charge in [0.25, 0.3) is 0 Å². The van der Waals surface area contributed by atoms with E-state index in [-0.39, 0.29) is 29.8 Å². The zero-order valence-corrected chi connectivity index (χ0v) is 21.6. The van der Waals surface area contributed by atoms with Crippen molar-refractivity contribution in [2.75, 3.05) is 26.7 Å². The highest BCUT2D eigenvalue weighted by Crippen LogP contribution is 2.20. The lowest BCUT2D eigenvalue weighted by molar-refractivity contribution is 0.198. The van der Waals surface area contributed by atoms with Crippen LogP contribution < -0.4 is 15.4 Å². The van der Waals surface area contributed by atoms with Crippen molar-refractivity contribution in [2.24, 2.45) is 4.99 Å². The monoisotopic (exact) mass is 558 g/mol. The highest BCUT2D eigenvalue weighted by atomic mass is 127. The summed E-state index contributed by atoms with van der Waals surface area (Å²) in [7, 11) is 1.49. The van der Waals surface area contributed by atoms with E-state index < -0.39 is 0 Å². The lowest BCUT2D eigenvalue weighted by atomic mass is 10.0. The van der Waals surface area contributed by atoms with E-state index in [1.54, 1.807) is 18.4 Å². The van der Waals surface area contributed by atoms with E-state index in [0.717, 1.165) is 62.6 Å². The number of nitrogens with zero attached hydrogens (tertiary/aromatic N) is 2. The van der Waals surface area contributed by atoms with Gasteiger partial charge in [0.1, 0.15) is 5.76 Å². The van der Waals surface area contributed by atoms with Crippen LogP contribution in [0, 0.1) is 5.82 Å². The Hall–Kier alpha value is -1.81. The molecule has 1 atom stereocenters. The summed E-state index contributed by atoms with van der Waals surface area (Å²) < 4.78 is 24.4. The van der Waals surface area contributed by atoms with Crippen LogP contribution in [0.3, 0.4) is 0 Å². The minimum atomic E-state index is -0.303. The molecule has 0 spiro atoms. The second kappa shape index (κ2) is 13.7. The lowest BCUT2D eigenvalue weighted by Crippen LogP contribution is -2.50. The molecule has 3 rings (SSSR count). The molecule has 0 saturated carbocycles. The first-order chi connectivity index (χ1) is 15.1. The van der Waals surface area contributed by atoms with Crippen LogP contribution in [0.25, 0.3) is 0 Å². The van der Waals surface area contributed by atoms with E-state index in [2.05, 4.69) is 29.4 Å². The zero-order valence-electron chi connectivity index (χ0n) is 19.3. The van der Waals surface area contributed by atoms with Crippen LogP contribution in [0.5, 0.6) is 5.75 Å². The van der Waals surface area contributed by atoms with Gasteiger partial charge in [0.05, 0.1) is 13.4 Å². The molecule has 1 aromatic carbocycles. The molecule has 1 fully saturated rings. The van der Waals surface area contributed by atoms with Gasteiger partial charge in [-0.25, -0.2) is 4.39 Å². The molecule has 2 heterocycles. The van der Waals surface area contributed by atoms with Crippen molar-refractivity contribution >= 4 is 29.9 Å². The lowest BCUT2D eigenvalue weighted by Gasteiger charge is -2.33. The van der Waals surface area contributed by atoms with Crippen LogP contribution in [0.1, 0.15) is 44.4 Å². The Morgan fingerprint density at radius 1 is 1.31 bits per heavy atom. The summed E-state index contributed by atoms with van der Waals surface area (Å²) in [5.74, 6) is 1.81. The summed E-state index contributed by atoms with van der Waals surface area (Å²) in [6, 6.07) is 9.83. The summed E-state index contributed by atoms with van der Waals surface area (Å²) in [5, 5.41) is 7.12. The van der Waals surface area contributed by atoms with E-state index >= 15 is 0 Å². The van der Waals surface area contributed by atoms with E-state index in [1.807, 2.05) is 18.2 Å². The summed E-state index contributed by atoms with van der Waals surface area (Å²) >= 11 is 0. The SMILES string of the molecule is CCC(C)NC(=NCCc1ccco1)NC1CCN(Cc2ccc(OC)c(F)c2)CC1.I. The topological polar surface area (TPSA) is 62.0 Å². The predicted molar refractivity (Wildman–Crippen MR) is 137 cm³/mol. The number of aliphatic imine (C=N–C) groups is 1. The molecule has 2 N–H and O–H groups in total. The van der Waals surface area contributed by atoms with Crippen LogP contribution in [0.2, 0.25) is 0 Å². The molecule has 6 nitrogen and oxygen atoms in total. The second-order valence-corrected chi connectivity index (χ2v) is 8.18. The molecule has 1 aliphatic rings. The van der Waals surface area contributed by atoms with E-state index in [4.69, 9.17) is 14.1 Å². The minimum absolute atomic E-state index is 0. The maximum atomic E-state index is 14.0. The van der Waals surface area contributed by atoms with Crippen LogP contribution in [0.15, 0.2) is 46.0 Å². The third kappa shape index (κ3) is 8.27. The molecular weight excluding hydrogens is 522 g/mol. The van der Waals surface area contributed by atoms with Gasteiger partial charge >= 0.3 is 0 Å². The summed E-state index contributed by atoms with van der Waals surface area (Å²) in [5.41, 5.74) is 0.975. The van der Waals surface area contributed by atoms with Gasteiger partial charge in [-0.15, -0.1) is 24.0 Å². The quantitative estimate of drug-likeness (QED) is 0.268. The highest BCUT2D eigenvalue weighted by Gasteiger charge is 2.21. The molecule has 1 unspecified atom stereocenters. The number of hydrogen-bond donors (Lipinski definition) is 2. The number of ether oxygens (including phenoxy) is 1. The molecule has 0 bridgehead atoms. The second-order valence-electron chi connectivity index (χ2n) is 8.18. The fourth-order valence-electron chi connectivity index (χ4n) is 3.70. The number of likely N-dealkylation sites (tertiary alicyclic amines) is 1. The molecule has 1 aromatic heterocycles. The molecule has 8 heteroatoms. The average Bonchev–Trinajstić information content (AvgIpc) is 3.28. The maximum Gasteiger partial charge on any atom is 0.191 e. The summed E-state index contributed by atoms with van der Waals surface area (Å²) in [4.78, 5) is 7.13. The number of methoxy groups -OCH3 is 1. The van der Waals surface area contributed by atoms with Gasteiger partial charge in [0.15, 0.2) is 17.5 Å². The first-order valence-corrected chi connectivity index (χ1v) is 11.2. The number of piperidine rings is 1. The average molecular weight is 558 g/mol. The number of hydrogen-bond acceptors (Lipinski definition) is 4. The van der Waals surface area contributed by atoms with Crippen LogP contribution in [-0.4, -0.2) is 49.7 Å². The van der Waals surface area contributed by atoms with Crippen molar-refractivity contribution < 1.29 is 13.5 Å². The van der Waals surface area contributed by atoms with E-state index in [1.165, 1.54) is 7.11 Å². The zero-order chi connectivity index (χ0) is 22.1. The van der Waals surface area contributed by atoms with Crippen molar-refractivity contribution in [1.82, 2.24) is 15.5 Å². The number of benzene rings is 1. The van der Waals surface area contributed by atoms with Gasteiger partial charge in [0.2, 0.25) is 0 Å². The van der Waals surface area contributed by atoms with E-state index in [0.29, 0.717) is 24.4 Å². The standard InChI is InChI=1S/C24H35FN4O2.HI/c1-4-18(2)27-24(26-12-9-21-6-5-15-31-21)28-20-10-13-29(14-11-20)17-19-7-8-23(30-3)22(25)16-19;/h5-8,15-16,18,20H,4,9-14,17H2,1-3H3,(H2,26,27,28);1H. The molecule has 1 saturated heterocycles. The van der Waals surface area contributed by atoms with Gasteiger partial charge in [-0.3, -0.25) is 9.89 Å². The normalized spacial score (nSPS) is 16.3. The smallest absolute Gasteiger partial charge is 0.191 e. The Morgan fingerprint density at radius 2 is 2.09 bits per heavy atom.